The minimum atomic E-state index is 0.776. The second kappa shape index (κ2) is 14.9. The molecule has 20 heavy (non-hydrogen) atoms. The number of hydrogen-bond acceptors (Lipinski definition) is 3. The largest absolute Gasteiger partial charge is 0.389 e. The van der Waals surface area contributed by atoms with Gasteiger partial charge in [-0.25, -0.2) is 0 Å². The molecule has 110 valence electrons. The standard InChI is InChI=1S/C15H21N3.C2H6/c1-6-9-10-14(7-2)17-18-15(8-3)12-11-13(4)16-5;1-2/h6-12,16H,1,4H2,2-3,5H3;1-2H3/b10-9-,12-11-,14-7+,15-8+,18-17+;. The Morgan fingerprint density at radius 2 is 1.45 bits per heavy atom. The van der Waals surface area contributed by atoms with Gasteiger partial charge in [-0.3, -0.25) is 0 Å². The minimum absolute atomic E-state index is 0.776. The van der Waals surface area contributed by atoms with E-state index in [9.17, 15) is 0 Å². The van der Waals surface area contributed by atoms with Crippen LogP contribution in [0.25, 0.3) is 0 Å². The van der Waals surface area contributed by atoms with E-state index in [-0.39, 0.29) is 0 Å². The van der Waals surface area contributed by atoms with Crippen molar-refractivity contribution in [3.8, 4) is 0 Å². The molecule has 0 aliphatic heterocycles. The van der Waals surface area contributed by atoms with Gasteiger partial charge in [-0.05, 0) is 32.1 Å². The molecule has 0 aliphatic carbocycles. The van der Waals surface area contributed by atoms with Crippen LogP contribution in [0, 0.1) is 0 Å². The molecular formula is C17H27N3. The Morgan fingerprint density at radius 3 is 1.85 bits per heavy atom. The number of nitrogens with zero attached hydrogens (tertiary/aromatic N) is 2. The molecule has 3 nitrogen and oxygen atoms in total. The molecule has 0 saturated carbocycles. The van der Waals surface area contributed by atoms with Gasteiger partial charge in [0.1, 0.15) is 0 Å². The van der Waals surface area contributed by atoms with Crippen molar-refractivity contribution in [3.05, 3.63) is 72.8 Å². The Balaban J connectivity index is 0. The van der Waals surface area contributed by atoms with E-state index < -0.39 is 0 Å². The van der Waals surface area contributed by atoms with Gasteiger partial charge in [0.25, 0.3) is 0 Å². The second-order valence-corrected chi connectivity index (χ2v) is 3.33. The van der Waals surface area contributed by atoms with Crippen LogP contribution in [0.15, 0.2) is 83.0 Å². The predicted octanol–water partition coefficient (Wildman–Crippen LogP) is 5.30. The van der Waals surface area contributed by atoms with E-state index in [4.69, 9.17) is 0 Å². The summed E-state index contributed by atoms with van der Waals surface area (Å²) in [6.07, 6.45) is 12.8. The monoisotopic (exact) mass is 273 g/mol. The number of azo groups is 1. The Labute approximate surface area is 123 Å². The third kappa shape index (κ3) is 11.0. The van der Waals surface area contributed by atoms with Crippen LogP contribution in [0.2, 0.25) is 0 Å². The van der Waals surface area contributed by atoms with Crippen LogP contribution in [0.3, 0.4) is 0 Å². The first-order chi connectivity index (χ1) is 9.67. The highest BCUT2D eigenvalue weighted by Gasteiger charge is 1.89. The van der Waals surface area contributed by atoms with E-state index in [1.54, 1.807) is 6.08 Å². The van der Waals surface area contributed by atoms with Crippen LogP contribution in [0.5, 0.6) is 0 Å². The first kappa shape index (κ1) is 20.2. The maximum atomic E-state index is 4.15. The van der Waals surface area contributed by atoms with E-state index in [1.807, 2.05) is 71.2 Å². The van der Waals surface area contributed by atoms with Crippen LogP contribution < -0.4 is 5.32 Å². The summed E-state index contributed by atoms with van der Waals surface area (Å²) in [4.78, 5) is 0. The lowest BCUT2D eigenvalue weighted by molar-refractivity contribution is 1.04. The van der Waals surface area contributed by atoms with Crippen molar-refractivity contribution in [2.75, 3.05) is 7.05 Å². The fourth-order valence-electron chi connectivity index (χ4n) is 0.926. The molecule has 0 heterocycles. The smallest absolute Gasteiger partial charge is 0.0815 e. The van der Waals surface area contributed by atoms with Gasteiger partial charge in [0, 0.05) is 12.7 Å². The number of allylic oxidation sites excluding steroid dienone is 7. The lowest BCUT2D eigenvalue weighted by Gasteiger charge is -1.96. The van der Waals surface area contributed by atoms with Crippen molar-refractivity contribution in [1.29, 1.82) is 0 Å². The average molecular weight is 273 g/mol. The van der Waals surface area contributed by atoms with Gasteiger partial charge in [0.05, 0.1) is 11.4 Å². The molecule has 0 atom stereocenters. The SMILES string of the molecule is C=C\C=C/C(=C\C)/N=N/C(/C=C\C(=C)NC)=C/C.CC. The van der Waals surface area contributed by atoms with Crippen molar-refractivity contribution >= 4 is 0 Å². The van der Waals surface area contributed by atoms with Crippen molar-refractivity contribution in [2.45, 2.75) is 27.7 Å². The molecule has 0 saturated heterocycles. The first-order valence-corrected chi connectivity index (χ1v) is 6.76. The highest BCUT2D eigenvalue weighted by Crippen LogP contribution is 2.07. The van der Waals surface area contributed by atoms with E-state index in [2.05, 4.69) is 28.7 Å². The van der Waals surface area contributed by atoms with Crippen molar-refractivity contribution in [2.24, 2.45) is 10.2 Å². The molecule has 0 aromatic rings. The van der Waals surface area contributed by atoms with Crippen LogP contribution in [0.1, 0.15) is 27.7 Å². The fourth-order valence-corrected chi connectivity index (χ4v) is 0.926. The van der Waals surface area contributed by atoms with Crippen molar-refractivity contribution in [1.82, 2.24) is 5.32 Å². The molecular weight excluding hydrogens is 246 g/mol. The quantitative estimate of drug-likeness (QED) is 0.495. The molecule has 0 rings (SSSR count). The molecule has 0 amide bonds. The summed E-state index contributed by atoms with van der Waals surface area (Å²) in [7, 11) is 1.82. The summed E-state index contributed by atoms with van der Waals surface area (Å²) in [5, 5.41) is 11.2. The number of nitrogens with one attached hydrogen (secondary N) is 1. The maximum absolute atomic E-state index is 4.15. The van der Waals surface area contributed by atoms with Gasteiger partial charge in [-0.15, -0.1) is 0 Å². The zero-order valence-electron chi connectivity index (χ0n) is 13.4. The zero-order valence-corrected chi connectivity index (χ0v) is 13.4. The fraction of sp³-hybridized carbons (Fsp3) is 0.294. The van der Waals surface area contributed by atoms with Crippen LogP contribution >= 0.6 is 0 Å². The van der Waals surface area contributed by atoms with Crippen LogP contribution in [-0.4, -0.2) is 7.05 Å². The van der Waals surface area contributed by atoms with Gasteiger partial charge in [0.15, 0.2) is 0 Å². The molecule has 0 spiro atoms. The van der Waals surface area contributed by atoms with Gasteiger partial charge < -0.3 is 5.32 Å². The van der Waals surface area contributed by atoms with E-state index in [0.29, 0.717) is 0 Å². The zero-order chi connectivity index (χ0) is 15.8. The molecule has 1 N–H and O–H groups in total. The lowest BCUT2D eigenvalue weighted by Crippen LogP contribution is -2.00. The van der Waals surface area contributed by atoms with Gasteiger partial charge in [-0.2, -0.15) is 10.2 Å². The number of rotatable bonds is 7. The molecule has 0 unspecified atom stereocenters. The summed E-state index contributed by atoms with van der Waals surface area (Å²) in [5.74, 6) is 0. The summed E-state index contributed by atoms with van der Waals surface area (Å²) in [6.45, 7) is 15.2. The lowest BCUT2D eigenvalue weighted by atomic mass is 10.3. The molecule has 0 aromatic carbocycles. The van der Waals surface area contributed by atoms with E-state index >= 15 is 0 Å². The molecule has 3 heteroatoms. The highest BCUT2D eigenvalue weighted by molar-refractivity contribution is 5.25. The number of hydrogen-bond donors (Lipinski definition) is 1. The molecule has 0 aliphatic rings. The molecule has 0 radical (unpaired) electrons. The number of likely N-dealkylation sites (N-methyl/N-ethyl adjacent to an activating group) is 1. The average Bonchev–Trinajstić information content (AvgIpc) is 2.51. The van der Waals surface area contributed by atoms with Gasteiger partial charge in [-0.1, -0.05) is 51.3 Å². The Kier molecular flexibility index (Phi) is 15.0. The maximum Gasteiger partial charge on any atom is 0.0815 e. The molecule has 0 fully saturated rings. The second-order valence-electron chi connectivity index (χ2n) is 3.33. The summed E-state index contributed by atoms with van der Waals surface area (Å²) >= 11 is 0. The van der Waals surface area contributed by atoms with Crippen LogP contribution in [-0.2, 0) is 0 Å². The van der Waals surface area contributed by atoms with Gasteiger partial charge in [0.2, 0.25) is 0 Å². The minimum Gasteiger partial charge on any atom is -0.389 e. The predicted molar refractivity (Wildman–Crippen MR) is 90.4 cm³/mol. The highest BCUT2D eigenvalue weighted by atomic mass is 15.1. The van der Waals surface area contributed by atoms with Crippen LogP contribution in [0.4, 0.5) is 0 Å². The van der Waals surface area contributed by atoms with E-state index in [1.165, 1.54) is 0 Å². The Hall–Kier alpha value is -2.16. The van der Waals surface area contributed by atoms with E-state index in [0.717, 1.165) is 17.1 Å². The van der Waals surface area contributed by atoms with Gasteiger partial charge >= 0.3 is 0 Å². The van der Waals surface area contributed by atoms with Crippen molar-refractivity contribution in [3.63, 3.8) is 0 Å². The summed E-state index contributed by atoms with van der Waals surface area (Å²) in [5.41, 5.74) is 2.38. The van der Waals surface area contributed by atoms with Crippen molar-refractivity contribution < 1.29 is 0 Å². The summed E-state index contributed by atoms with van der Waals surface area (Å²) in [6, 6.07) is 0. The normalized spacial score (nSPS) is 12.7. The topological polar surface area (TPSA) is 36.8 Å². The Bertz CT molecular complexity index is 422. The molecule has 0 aromatic heterocycles. The third-order valence-electron chi connectivity index (χ3n) is 2.05. The Morgan fingerprint density at radius 1 is 0.950 bits per heavy atom. The first-order valence-electron chi connectivity index (χ1n) is 6.76. The summed E-state index contributed by atoms with van der Waals surface area (Å²) < 4.78 is 0. The third-order valence-corrected chi connectivity index (χ3v) is 2.05. The molecule has 0 bridgehead atoms.